The van der Waals surface area contributed by atoms with Gasteiger partial charge in [0.25, 0.3) is 0 Å². The van der Waals surface area contributed by atoms with Crippen LogP contribution in [0, 0.1) is 13.8 Å². The number of alkyl halides is 2. The number of aryl methyl sites for hydroxylation is 2. The second kappa shape index (κ2) is 10.0. The standard InChI is InChI=1S/C20H21F2N3O3S2/c1-11-12(2)30-19-17(11)18(24-10-25-19)29-9-16(26)23-7-6-13-4-5-14(28-20(21)22)15(8-13)27-3/h4-5,8,10,20H,6-7,9H2,1-3H3,(H,23,26). The number of fused-ring (bicyclic) bond motifs is 1. The van der Waals surface area contributed by atoms with E-state index in [1.807, 2.05) is 13.8 Å². The molecule has 0 unspecified atom stereocenters. The number of aromatic nitrogens is 2. The van der Waals surface area contributed by atoms with E-state index in [0.717, 1.165) is 26.4 Å². The van der Waals surface area contributed by atoms with Gasteiger partial charge in [-0.25, -0.2) is 9.97 Å². The van der Waals surface area contributed by atoms with Crippen molar-refractivity contribution in [3.05, 3.63) is 40.5 Å². The largest absolute Gasteiger partial charge is 0.493 e. The van der Waals surface area contributed by atoms with Gasteiger partial charge in [0.15, 0.2) is 11.5 Å². The molecule has 1 N–H and O–H groups in total. The van der Waals surface area contributed by atoms with Crippen LogP contribution in [0.1, 0.15) is 16.0 Å². The van der Waals surface area contributed by atoms with Crippen LogP contribution < -0.4 is 14.8 Å². The van der Waals surface area contributed by atoms with E-state index in [1.165, 1.54) is 36.1 Å². The summed E-state index contributed by atoms with van der Waals surface area (Å²) < 4.78 is 34.3. The molecule has 6 nitrogen and oxygen atoms in total. The van der Waals surface area contributed by atoms with Gasteiger partial charge in [0, 0.05) is 16.8 Å². The van der Waals surface area contributed by atoms with Crippen LogP contribution in [0.25, 0.3) is 10.2 Å². The van der Waals surface area contributed by atoms with Crippen molar-refractivity contribution in [1.82, 2.24) is 15.3 Å². The fourth-order valence-electron chi connectivity index (χ4n) is 2.85. The van der Waals surface area contributed by atoms with E-state index in [0.29, 0.717) is 13.0 Å². The summed E-state index contributed by atoms with van der Waals surface area (Å²) in [4.78, 5) is 23.0. The molecule has 1 aromatic carbocycles. The summed E-state index contributed by atoms with van der Waals surface area (Å²) in [6, 6.07) is 4.72. The van der Waals surface area contributed by atoms with Crippen molar-refractivity contribution in [2.45, 2.75) is 31.9 Å². The molecule has 2 heterocycles. The normalized spacial score (nSPS) is 11.1. The summed E-state index contributed by atoms with van der Waals surface area (Å²) in [6.07, 6.45) is 2.05. The fourth-order valence-corrected chi connectivity index (χ4v) is 4.80. The van der Waals surface area contributed by atoms with Gasteiger partial charge in [0.1, 0.15) is 16.2 Å². The lowest BCUT2D eigenvalue weighted by molar-refractivity contribution is -0.118. The Hall–Kier alpha value is -2.46. The van der Waals surface area contributed by atoms with Gasteiger partial charge in [0.2, 0.25) is 5.91 Å². The molecule has 10 heteroatoms. The Bertz CT molecular complexity index is 1040. The van der Waals surface area contributed by atoms with E-state index in [9.17, 15) is 13.6 Å². The Morgan fingerprint density at radius 3 is 2.80 bits per heavy atom. The predicted molar refractivity (Wildman–Crippen MR) is 114 cm³/mol. The number of carbonyl (C=O) groups is 1. The average molecular weight is 454 g/mol. The number of methoxy groups -OCH3 is 1. The molecule has 0 aliphatic rings. The molecule has 0 saturated heterocycles. The van der Waals surface area contributed by atoms with Gasteiger partial charge in [-0.3, -0.25) is 4.79 Å². The number of nitrogens with zero attached hydrogens (tertiary/aromatic N) is 2. The average Bonchev–Trinajstić information content (AvgIpc) is 3.01. The number of amides is 1. The number of hydrogen-bond acceptors (Lipinski definition) is 7. The minimum atomic E-state index is -2.92. The van der Waals surface area contributed by atoms with E-state index in [-0.39, 0.29) is 23.2 Å². The molecule has 0 bridgehead atoms. The zero-order valence-electron chi connectivity index (χ0n) is 16.7. The zero-order chi connectivity index (χ0) is 21.7. The van der Waals surface area contributed by atoms with E-state index in [1.54, 1.807) is 23.5 Å². The minimum Gasteiger partial charge on any atom is -0.493 e. The fraction of sp³-hybridized carbons (Fsp3) is 0.350. The SMILES string of the molecule is COc1cc(CCNC(=O)CSc2ncnc3sc(C)c(C)c23)ccc1OC(F)F. The molecule has 0 aliphatic heterocycles. The van der Waals surface area contributed by atoms with E-state index < -0.39 is 6.61 Å². The Morgan fingerprint density at radius 2 is 2.07 bits per heavy atom. The van der Waals surface area contributed by atoms with Crippen molar-refractivity contribution >= 4 is 39.2 Å². The molecule has 0 saturated carbocycles. The van der Waals surface area contributed by atoms with Crippen LogP contribution in [-0.4, -0.2) is 41.9 Å². The summed E-state index contributed by atoms with van der Waals surface area (Å²) in [7, 11) is 1.39. The van der Waals surface area contributed by atoms with Crippen LogP contribution in [0.5, 0.6) is 11.5 Å². The lowest BCUT2D eigenvalue weighted by atomic mass is 10.1. The van der Waals surface area contributed by atoms with Crippen LogP contribution in [-0.2, 0) is 11.2 Å². The molecule has 0 fully saturated rings. The minimum absolute atomic E-state index is 0.0215. The number of rotatable bonds is 9. The molecule has 0 atom stereocenters. The summed E-state index contributed by atoms with van der Waals surface area (Å²) in [5, 5.41) is 4.67. The number of thiophene rings is 1. The van der Waals surface area contributed by atoms with Crippen LogP contribution in [0.15, 0.2) is 29.6 Å². The molecule has 0 spiro atoms. The van der Waals surface area contributed by atoms with Crippen molar-refractivity contribution in [3.8, 4) is 11.5 Å². The number of benzene rings is 1. The topological polar surface area (TPSA) is 73.3 Å². The third kappa shape index (κ3) is 5.37. The summed E-state index contributed by atoms with van der Waals surface area (Å²) >= 11 is 3.00. The highest BCUT2D eigenvalue weighted by atomic mass is 32.2. The molecule has 160 valence electrons. The Balaban J connectivity index is 1.52. The van der Waals surface area contributed by atoms with Crippen LogP contribution >= 0.6 is 23.1 Å². The predicted octanol–water partition coefficient (Wildman–Crippen LogP) is 4.37. The monoisotopic (exact) mass is 453 g/mol. The maximum atomic E-state index is 12.4. The number of halogens is 2. The van der Waals surface area contributed by atoms with Crippen molar-refractivity contribution in [2.24, 2.45) is 0 Å². The van der Waals surface area contributed by atoms with Crippen LogP contribution in [0.4, 0.5) is 8.78 Å². The zero-order valence-corrected chi connectivity index (χ0v) is 18.3. The molecular formula is C20H21F2N3O3S2. The second-order valence-corrected chi connectivity index (χ2v) is 8.56. The number of thioether (sulfide) groups is 1. The van der Waals surface area contributed by atoms with Gasteiger partial charge >= 0.3 is 6.61 Å². The highest BCUT2D eigenvalue weighted by Crippen LogP contribution is 2.34. The van der Waals surface area contributed by atoms with Crippen molar-refractivity contribution in [2.75, 3.05) is 19.4 Å². The maximum Gasteiger partial charge on any atom is 0.387 e. The highest BCUT2D eigenvalue weighted by Gasteiger charge is 2.14. The van der Waals surface area contributed by atoms with Gasteiger partial charge in [0.05, 0.1) is 12.9 Å². The second-order valence-electron chi connectivity index (χ2n) is 6.39. The van der Waals surface area contributed by atoms with E-state index in [4.69, 9.17) is 4.74 Å². The molecular weight excluding hydrogens is 432 g/mol. The molecule has 30 heavy (non-hydrogen) atoms. The number of carbonyl (C=O) groups excluding carboxylic acids is 1. The van der Waals surface area contributed by atoms with E-state index in [2.05, 4.69) is 20.0 Å². The van der Waals surface area contributed by atoms with Gasteiger partial charge in [-0.15, -0.1) is 11.3 Å². The first-order valence-corrected chi connectivity index (χ1v) is 10.9. The van der Waals surface area contributed by atoms with E-state index >= 15 is 0 Å². The Morgan fingerprint density at radius 1 is 1.27 bits per heavy atom. The van der Waals surface area contributed by atoms with Gasteiger partial charge in [-0.1, -0.05) is 17.8 Å². The highest BCUT2D eigenvalue weighted by molar-refractivity contribution is 8.00. The van der Waals surface area contributed by atoms with Crippen LogP contribution in [0.3, 0.4) is 0 Å². The first-order chi connectivity index (χ1) is 14.4. The number of ether oxygens (including phenoxy) is 2. The lowest BCUT2D eigenvalue weighted by Crippen LogP contribution is -2.27. The molecule has 3 aromatic rings. The first kappa shape index (κ1) is 22.2. The molecule has 0 radical (unpaired) electrons. The number of nitrogens with one attached hydrogen (secondary N) is 1. The molecule has 2 aromatic heterocycles. The van der Waals surface area contributed by atoms with Gasteiger partial charge < -0.3 is 14.8 Å². The molecule has 0 aliphatic carbocycles. The first-order valence-electron chi connectivity index (χ1n) is 9.11. The Kier molecular flexibility index (Phi) is 7.43. The Labute approximate surface area is 181 Å². The van der Waals surface area contributed by atoms with Crippen molar-refractivity contribution in [3.63, 3.8) is 0 Å². The lowest BCUT2D eigenvalue weighted by Gasteiger charge is -2.11. The molecule has 3 rings (SSSR count). The summed E-state index contributed by atoms with van der Waals surface area (Å²) in [5.41, 5.74) is 1.98. The van der Waals surface area contributed by atoms with Gasteiger partial charge in [-0.05, 0) is 43.5 Å². The summed E-state index contributed by atoms with van der Waals surface area (Å²) in [6.45, 7) is 1.57. The molecule has 1 amide bonds. The maximum absolute atomic E-state index is 12.4. The summed E-state index contributed by atoms with van der Waals surface area (Å²) in [5.74, 6) is 0.335. The number of hydrogen-bond donors (Lipinski definition) is 1. The third-order valence-corrected chi connectivity index (χ3v) is 6.56. The van der Waals surface area contributed by atoms with Crippen LogP contribution in [0.2, 0.25) is 0 Å². The quantitative estimate of drug-likeness (QED) is 0.383. The smallest absolute Gasteiger partial charge is 0.387 e. The third-order valence-electron chi connectivity index (χ3n) is 4.45. The van der Waals surface area contributed by atoms with Crippen molar-refractivity contribution < 1.29 is 23.0 Å². The van der Waals surface area contributed by atoms with Crippen molar-refractivity contribution in [1.29, 1.82) is 0 Å². The van der Waals surface area contributed by atoms with Gasteiger partial charge in [-0.2, -0.15) is 8.78 Å².